The fourth-order valence-electron chi connectivity index (χ4n) is 0.461. The van der Waals surface area contributed by atoms with E-state index < -0.39 is 0 Å². The molecule has 0 bridgehead atoms. The summed E-state index contributed by atoms with van der Waals surface area (Å²) in [6, 6.07) is 0. The minimum absolute atomic E-state index is 0.649. The second-order valence-corrected chi connectivity index (χ2v) is 1.90. The van der Waals surface area contributed by atoms with Crippen LogP contribution in [-0.2, 0) is 0 Å². The van der Waals surface area contributed by atoms with Crippen LogP contribution in [-0.4, -0.2) is 17.2 Å². The van der Waals surface area contributed by atoms with Crippen molar-refractivity contribution >= 4 is 17.2 Å². The molecule has 0 fully saturated rings. The molecule has 0 radical (unpaired) electrons. The summed E-state index contributed by atoms with van der Waals surface area (Å²) in [5.74, 6) is 0. The summed E-state index contributed by atoms with van der Waals surface area (Å²) in [7, 11) is 1.76. The van der Waals surface area contributed by atoms with Crippen LogP contribution in [0.25, 0.3) is 0 Å². The highest BCUT2D eigenvalue weighted by Gasteiger charge is 1.97. The van der Waals surface area contributed by atoms with Crippen molar-refractivity contribution in [3.05, 3.63) is 18.0 Å². The van der Waals surface area contributed by atoms with Gasteiger partial charge >= 0.3 is 0 Å². The number of thiocarbonyl (C=S) groups is 1. The molecule has 48 valence electrons. The molecule has 0 aromatic carbocycles. The number of aromatic nitrogens is 1. The quantitative estimate of drug-likeness (QED) is 0.582. The smallest absolute Gasteiger partial charge is 0.134 e. The number of hydrogen-bond donors (Lipinski definition) is 1. The van der Waals surface area contributed by atoms with E-state index in [1.165, 1.54) is 6.26 Å². The van der Waals surface area contributed by atoms with E-state index in [0.29, 0.717) is 4.99 Å². The Kier molecular flexibility index (Phi) is 1.79. The topological polar surface area (TPSA) is 38.1 Å². The lowest BCUT2D eigenvalue weighted by Crippen LogP contribution is -2.15. The van der Waals surface area contributed by atoms with Gasteiger partial charge in [0.1, 0.15) is 11.3 Å². The molecular weight excluding hydrogens is 136 g/mol. The zero-order valence-corrected chi connectivity index (χ0v) is 5.73. The van der Waals surface area contributed by atoms with Crippen LogP contribution in [0.3, 0.4) is 0 Å². The maximum atomic E-state index is 4.86. The van der Waals surface area contributed by atoms with Gasteiger partial charge in [0.2, 0.25) is 0 Å². The Hall–Kier alpha value is -0.900. The predicted molar refractivity (Wildman–Crippen MR) is 37.3 cm³/mol. The maximum Gasteiger partial charge on any atom is 0.134 e. The normalized spacial score (nSPS) is 9.00. The SMILES string of the molecule is CNC(=S)c1cnoc1. The molecule has 1 aromatic heterocycles. The monoisotopic (exact) mass is 142 g/mol. The fourth-order valence-corrected chi connectivity index (χ4v) is 0.562. The van der Waals surface area contributed by atoms with Gasteiger partial charge in [-0.3, -0.25) is 0 Å². The van der Waals surface area contributed by atoms with E-state index >= 15 is 0 Å². The highest BCUT2D eigenvalue weighted by molar-refractivity contribution is 7.80. The maximum absolute atomic E-state index is 4.86. The Morgan fingerprint density at radius 1 is 1.89 bits per heavy atom. The first-order chi connectivity index (χ1) is 4.34. The molecular formula is C5H6N2OS. The minimum atomic E-state index is 0.649. The van der Waals surface area contributed by atoms with Crippen LogP contribution < -0.4 is 5.32 Å². The molecule has 0 amide bonds. The Labute approximate surface area is 58.0 Å². The van der Waals surface area contributed by atoms with Crippen LogP contribution in [0.15, 0.2) is 17.0 Å². The molecule has 4 heteroatoms. The van der Waals surface area contributed by atoms with Gasteiger partial charge in [0, 0.05) is 7.05 Å². The third kappa shape index (κ3) is 1.26. The first-order valence-corrected chi connectivity index (χ1v) is 2.87. The van der Waals surface area contributed by atoms with Crippen LogP contribution in [0.5, 0.6) is 0 Å². The van der Waals surface area contributed by atoms with Crippen LogP contribution >= 0.6 is 12.2 Å². The summed E-state index contributed by atoms with van der Waals surface area (Å²) in [6.45, 7) is 0. The molecule has 3 nitrogen and oxygen atoms in total. The molecule has 0 saturated carbocycles. The average Bonchev–Trinajstić information content (AvgIpc) is 2.37. The van der Waals surface area contributed by atoms with Gasteiger partial charge in [-0.05, 0) is 0 Å². The number of nitrogens with one attached hydrogen (secondary N) is 1. The lowest BCUT2D eigenvalue weighted by molar-refractivity contribution is 0.419. The van der Waals surface area contributed by atoms with Gasteiger partial charge in [-0.1, -0.05) is 17.4 Å². The van der Waals surface area contributed by atoms with Crippen molar-refractivity contribution in [2.75, 3.05) is 7.05 Å². The van der Waals surface area contributed by atoms with Crippen LogP contribution in [0, 0.1) is 0 Å². The molecule has 1 rings (SSSR count). The average molecular weight is 142 g/mol. The van der Waals surface area contributed by atoms with Gasteiger partial charge in [0.05, 0.1) is 11.8 Å². The summed E-state index contributed by atoms with van der Waals surface area (Å²) in [5.41, 5.74) is 0.813. The minimum Gasteiger partial charge on any atom is -0.379 e. The lowest BCUT2D eigenvalue weighted by atomic mass is 10.4. The zero-order chi connectivity index (χ0) is 6.69. The molecule has 1 N–H and O–H groups in total. The molecule has 0 aliphatic rings. The molecule has 0 spiro atoms. The number of rotatable bonds is 1. The first kappa shape index (κ1) is 6.22. The van der Waals surface area contributed by atoms with Crippen molar-refractivity contribution < 1.29 is 4.52 Å². The molecule has 9 heavy (non-hydrogen) atoms. The van der Waals surface area contributed by atoms with Gasteiger partial charge in [-0.25, -0.2) is 0 Å². The van der Waals surface area contributed by atoms with E-state index in [2.05, 4.69) is 15.0 Å². The van der Waals surface area contributed by atoms with Gasteiger partial charge in [0.25, 0.3) is 0 Å². The second kappa shape index (κ2) is 2.59. The van der Waals surface area contributed by atoms with Crippen molar-refractivity contribution in [3.8, 4) is 0 Å². The molecule has 0 aliphatic carbocycles. The van der Waals surface area contributed by atoms with Crippen molar-refractivity contribution in [1.29, 1.82) is 0 Å². The van der Waals surface area contributed by atoms with Gasteiger partial charge < -0.3 is 9.84 Å². The number of nitrogens with zero attached hydrogens (tertiary/aromatic N) is 1. The van der Waals surface area contributed by atoms with Crippen molar-refractivity contribution in [2.45, 2.75) is 0 Å². The van der Waals surface area contributed by atoms with Crippen LogP contribution in [0.1, 0.15) is 5.56 Å². The molecule has 1 aromatic rings. The van der Waals surface area contributed by atoms with Crippen molar-refractivity contribution in [1.82, 2.24) is 10.5 Å². The van der Waals surface area contributed by atoms with Crippen LogP contribution in [0.2, 0.25) is 0 Å². The molecule has 0 atom stereocenters. The van der Waals surface area contributed by atoms with Gasteiger partial charge in [-0.2, -0.15) is 0 Å². The van der Waals surface area contributed by atoms with E-state index in [1.807, 2.05) is 0 Å². The first-order valence-electron chi connectivity index (χ1n) is 2.46. The Morgan fingerprint density at radius 3 is 3.11 bits per heavy atom. The van der Waals surface area contributed by atoms with E-state index in [1.54, 1.807) is 13.2 Å². The third-order valence-corrected chi connectivity index (χ3v) is 1.36. The standard InChI is InChI=1S/C5H6N2OS/c1-6-5(9)4-2-7-8-3-4/h2-3H,1H3,(H,6,9). The third-order valence-electron chi connectivity index (χ3n) is 0.922. The second-order valence-electron chi connectivity index (χ2n) is 1.49. The summed E-state index contributed by atoms with van der Waals surface area (Å²) >= 11 is 4.86. The largest absolute Gasteiger partial charge is 0.379 e. The summed E-state index contributed by atoms with van der Waals surface area (Å²) in [6.07, 6.45) is 3.07. The van der Waals surface area contributed by atoms with E-state index in [0.717, 1.165) is 5.56 Å². The molecule has 1 heterocycles. The van der Waals surface area contributed by atoms with E-state index in [9.17, 15) is 0 Å². The Bertz CT molecular complexity index is 195. The zero-order valence-electron chi connectivity index (χ0n) is 4.92. The predicted octanol–water partition coefficient (Wildman–Crippen LogP) is 0.569. The number of hydrogen-bond acceptors (Lipinski definition) is 3. The lowest BCUT2D eigenvalue weighted by Gasteiger charge is -1.93. The highest BCUT2D eigenvalue weighted by atomic mass is 32.1. The molecule has 0 aliphatic heterocycles. The summed E-state index contributed by atoms with van der Waals surface area (Å²) in [5, 5.41) is 6.29. The Morgan fingerprint density at radius 2 is 2.67 bits per heavy atom. The van der Waals surface area contributed by atoms with Crippen molar-refractivity contribution in [3.63, 3.8) is 0 Å². The van der Waals surface area contributed by atoms with Crippen LogP contribution in [0.4, 0.5) is 0 Å². The van der Waals surface area contributed by atoms with Gasteiger partial charge in [-0.15, -0.1) is 0 Å². The summed E-state index contributed by atoms with van der Waals surface area (Å²) in [4.78, 5) is 0.649. The molecule has 0 unspecified atom stereocenters. The van der Waals surface area contributed by atoms with Crippen molar-refractivity contribution in [2.24, 2.45) is 0 Å². The summed E-state index contributed by atoms with van der Waals surface area (Å²) < 4.78 is 4.56. The molecule has 0 saturated heterocycles. The fraction of sp³-hybridized carbons (Fsp3) is 0.200. The van der Waals surface area contributed by atoms with Gasteiger partial charge in [0.15, 0.2) is 0 Å². The highest BCUT2D eigenvalue weighted by Crippen LogP contribution is 1.95. The van der Waals surface area contributed by atoms with E-state index in [4.69, 9.17) is 12.2 Å². The van der Waals surface area contributed by atoms with E-state index in [-0.39, 0.29) is 0 Å². The Balaban J connectivity index is 2.77.